The van der Waals surface area contributed by atoms with E-state index in [2.05, 4.69) is 57.4 Å². The van der Waals surface area contributed by atoms with Gasteiger partial charge in [-0.05, 0) is 17.7 Å². The van der Waals surface area contributed by atoms with Crippen LogP contribution in [0, 0.1) is 0 Å². The van der Waals surface area contributed by atoms with E-state index in [1.54, 1.807) is 11.3 Å². The molecule has 1 heterocycles. The zero-order chi connectivity index (χ0) is 12.1. The highest BCUT2D eigenvalue weighted by Gasteiger charge is 2.06. The first-order valence-corrected chi connectivity index (χ1v) is 7.27. The smallest absolute Gasteiger partial charge is 0.0965 e. The van der Waals surface area contributed by atoms with Gasteiger partial charge in [-0.3, -0.25) is 0 Å². The van der Waals surface area contributed by atoms with Crippen molar-refractivity contribution in [3.63, 3.8) is 0 Å². The number of thiazole rings is 1. The van der Waals surface area contributed by atoms with Gasteiger partial charge in [0.15, 0.2) is 0 Å². The van der Waals surface area contributed by atoms with Crippen LogP contribution in [0.4, 0.5) is 0 Å². The first kappa shape index (κ1) is 12.7. The number of hydrogen-bond acceptors (Lipinski definition) is 3. The molecule has 0 aliphatic carbocycles. The minimum absolute atomic E-state index is 0.477. The fraction of sp³-hybridized carbons (Fsp3) is 0.308. The highest BCUT2D eigenvalue weighted by Crippen LogP contribution is 2.16. The van der Waals surface area contributed by atoms with Gasteiger partial charge < -0.3 is 5.32 Å². The maximum Gasteiger partial charge on any atom is 0.0965 e. The Morgan fingerprint density at radius 3 is 2.76 bits per heavy atom. The molecular formula is C13H15BrN2S. The van der Waals surface area contributed by atoms with Crippen LogP contribution < -0.4 is 5.32 Å². The molecule has 2 nitrogen and oxygen atoms in total. The molecule has 0 amide bonds. The second kappa shape index (κ2) is 6.28. The number of aromatic nitrogens is 1. The predicted octanol–water partition coefficient (Wildman–Crippen LogP) is 3.80. The lowest BCUT2D eigenvalue weighted by Crippen LogP contribution is -2.19. The molecule has 0 aliphatic heterocycles. The van der Waals surface area contributed by atoms with Gasteiger partial charge in [0, 0.05) is 35.1 Å². The van der Waals surface area contributed by atoms with Gasteiger partial charge in [0.2, 0.25) is 0 Å². The molecule has 0 fully saturated rings. The Morgan fingerprint density at radius 2 is 2.12 bits per heavy atom. The molecule has 2 rings (SSSR count). The Balaban J connectivity index is 1.78. The highest BCUT2D eigenvalue weighted by atomic mass is 79.9. The Bertz CT molecular complexity index is 439. The Kier molecular flexibility index (Phi) is 4.71. The van der Waals surface area contributed by atoms with Crippen LogP contribution >= 0.6 is 27.3 Å². The first-order valence-electron chi connectivity index (χ1n) is 5.60. The molecule has 17 heavy (non-hydrogen) atoms. The number of benzene rings is 1. The fourth-order valence-corrected chi connectivity index (χ4v) is 2.56. The van der Waals surface area contributed by atoms with E-state index in [1.807, 2.05) is 11.6 Å². The van der Waals surface area contributed by atoms with Gasteiger partial charge in [0.05, 0.1) is 5.01 Å². The molecule has 1 N–H and O–H groups in total. The third-order valence-corrected chi connectivity index (χ3v) is 4.10. The van der Waals surface area contributed by atoms with Crippen LogP contribution in [-0.4, -0.2) is 11.5 Å². The number of nitrogens with one attached hydrogen (secondary N) is 1. The van der Waals surface area contributed by atoms with Crippen molar-refractivity contribution in [1.29, 1.82) is 0 Å². The number of hydrogen-bond donors (Lipinski definition) is 1. The molecule has 1 aromatic heterocycles. The van der Waals surface area contributed by atoms with Crippen molar-refractivity contribution in [2.45, 2.75) is 19.4 Å². The largest absolute Gasteiger partial charge is 0.312 e. The summed E-state index contributed by atoms with van der Waals surface area (Å²) in [7, 11) is 0. The fourth-order valence-electron chi connectivity index (χ4n) is 1.60. The Hall–Kier alpha value is -0.710. The van der Waals surface area contributed by atoms with Crippen LogP contribution in [0.25, 0.3) is 0 Å². The summed E-state index contributed by atoms with van der Waals surface area (Å²) < 4.78 is 1.12. The van der Waals surface area contributed by atoms with Gasteiger partial charge in [-0.15, -0.1) is 11.3 Å². The predicted molar refractivity (Wildman–Crippen MR) is 76.4 cm³/mol. The van der Waals surface area contributed by atoms with Crippen LogP contribution in [-0.2, 0) is 6.54 Å². The molecule has 0 spiro atoms. The monoisotopic (exact) mass is 310 g/mol. The van der Waals surface area contributed by atoms with E-state index in [0.29, 0.717) is 5.92 Å². The van der Waals surface area contributed by atoms with E-state index in [4.69, 9.17) is 0 Å². The maximum absolute atomic E-state index is 4.33. The normalized spacial score (nSPS) is 12.6. The lowest BCUT2D eigenvalue weighted by Gasteiger charge is -2.10. The summed E-state index contributed by atoms with van der Waals surface area (Å²) in [4.78, 5) is 4.33. The topological polar surface area (TPSA) is 24.9 Å². The van der Waals surface area contributed by atoms with Gasteiger partial charge in [-0.1, -0.05) is 35.0 Å². The van der Waals surface area contributed by atoms with Crippen molar-refractivity contribution in [3.8, 4) is 0 Å². The van der Waals surface area contributed by atoms with Gasteiger partial charge >= 0.3 is 0 Å². The Labute approximate surface area is 114 Å². The van der Waals surface area contributed by atoms with E-state index >= 15 is 0 Å². The highest BCUT2D eigenvalue weighted by molar-refractivity contribution is 9.10. The SMILES string of the molecule is CC(CNCc1ccc(Br)cc1)c1nccs1. The zero-order valence-electron chi connectivity index (χ0n) is 9.69. The van der Waals surface area contributed by atoms with Gasteiger partial charge in [-0.25, -0.2) is 4.98 Å². The molecule has 90 valence electrons. The molecule has 1 aromatic carbocycles. The second-order valence-corrected chi connectivity index (χ2v) is 5.87. The molecular weight excluding hydrogens is 296 g/mol. The van der Waals surface area contributed by atoms with Crippen LogP contribution in [0.1, 0.15) is 23.4 Å². The lowest BCUT2D eigenvalue weighted by molar-refractivity contribution is 0.613. The zero-order valence-corrected chi connectivity index (χ0v) is 12.1. The first-order chi connectivity index (χ1) is 8.25. The molecule has 4 heteroatoms. The quantitative estimate of drug-likeness (QED) is 0.908. The van der Waals surface area contributed by atoms with Crippen molar-refractivity contribution >= 4 is 27.3 Å². The molecule has 0 aliphatic rings. The van der Waals surface area contributed by atoms with Crippen molar-refractivity contribution in [2.24, 2.45) is 0 Å². The summed E-state index contributed by atoms with van der Waals surface area (Å²) in [5.74, 6) is 0.477. The molecule has 1 atom stereocenters. The van der Waals surface area contributed by atoms with Crippen LogP contribution in [0.5, 0.6) is 0 Å². The van der Waals surface area contributed by atoms with Gasteiger partial charge in [-0.2, -0.15) is 0 Å². The van der Waals surface area contributed by atoms with E-state index in [9.17, 15) is 0 Å². The van der Waals surface area contributed by atoms with E-state index in [1.165, 1.54) is 10.6 Å². The molecule has 0 saturated heterocycles. The summed E-state index contributed by atoms with van der Waals surface area (Å²) in [5.41, 5.74) is 1.31. The number of rotatable bonds is 5. The van der Waals surface area contributed by atoms with Crippen LogP contribution in [0.2, 0.25) is 0 Å². The third-order valence-electron chi connectivity index (χ3n) is 2.57. The average molecular weight is 311 g/mol. The summed E-state index contributed by atoms with van der Waals surface area (Å²) in [6.07, 6.45) is 1.87. The molecule has 0 saturated carbocycles. The van der Waals surface area contributed by atoms with Gasteiger partial charge in [0.25, 0.3) is 0 Å². The molecule has 1 unspecified atom stereocenters. The Morgan fingerprint density at radius 1 is 1.35 bits per heavy atom. The summed E-state index contributed by atoms with van der Waals surface area (Å²) in [5, 5.41) is 6.69. The lowest BCUT2D eigenvalue weighted by atomic mass is 10.2. The minimum atomic E-state index is 0.477. The minimum Gasteiger partial charge on any atom is -0.312 e. The average Bonchev–Trinajstić information content (AvgIpc) is 2.85. The van der Waals surface area contributed by atoms with E-state index in [-0.39, 0.29) is 0 Å². The third kappa shape index (κ3) is 3.91. The maximum atomic E-state index is 4.33. The van der Waals surface area contributed by atoms with E-state index in [0.717, 1.165) is 17.6 Å². The van der Waals surface area contributed by atoms with Gasteiger partial charge in [0.1, 0.15) is 0 Å². The van der Waals surface area contributed by atoms with Crippen LogP contribution in [0.15, 0.2) is 40.3 Å². The van der Waals surface area contributed by atoms with Crippen molar-refractivity contribution < 1.29 is 0 Å². The number of halogens is 1. The van der Waals surface area contributed by atoms with Crippen LogP contribution in [0.3, 0.4) is 0 Å². The summed E-state index contributed by atoms with van der Waals surface area (Å²) in [6.45, 7) is 4.07. The molecule has 0 bridgehead atoms. The summed E-state index contributed by atoms with van der Waals surface area (Å²) in [6, 6.07) is 8.40. The molecule has 0 radical (unpaired) electrons. The molecule has 2 aromatic rings. The van der Waals surface area contributed by atoms with Crippen molar-refractivity contribution in [1.82, 2.24) is 10.3 Å². The second-order valence-electron chi connectivity index (χ2n) is 4.03. The standard InChI is InChI=1S/C13H15BrN2S/c1-10(13-16-6-7-17-13)8-15-9-11-2-4-12(14)5-3-11/h2-7,10,15H,8-9H2,1H3. The van der Waals surface area contributed by atoms with Crippen molar-refractivity contribution in [3.05, 3.63) is 50.9 Å². The van der Waals surface area contributed by atoms with E-state index < -0.39 is 0 Å². The number of nitrogens with zero attached hydrogens (tertiary/aromatic N) is 1. The summed E-state index contributed by atoms with van der Waals surface area (Å²) >= 11 is 5.16. The van der Waals surface area contributed by atoms with Crippen molar-refractivity contribution in [2.75, 3.05) is 6.54 Å².